The molecule has 0 aliphatic carbocycles. The van der Waals surface area contributed by atoms with E-state index in [-0.39, 0.29) is 18.1 Å². The lowest BCUT2D eigenvalue weighted by Crippen LogP contribution is -2.48. The fourth-order valence-corrected chi connectivity index (χ4v) is 3.93. The van der Waals surface area contributed by atoms with Gasteiger partial charge in [0.15, 0.2) is 5.96 Å². The summed E-state index contributed by atoms with van der Waals surface area (Å²) in [6.07, 6.45) is 0.147. The average Bonchev–Trinajstić information content (AvgIpc) is 3.21. The zero-order valence-electron chi connectivity index (χ0n) is 16.6. The number of guanidine groups is 1. The summed E-state index contributed by atoms with van der Waals surface area (Å²) in [7, 11) is 1.76. The number of nitrogens with one attached hydrogen (secondary N) is 2. The molecule has 2 N–H and O–H groups in total. The molecule has 28 heavy (non-hydrogen) atoms. The van der Waals surface area contributed by atoms with Gasteiger partial charge in [0.1, 0.15) is 0 Å². The van der Waals surface area contributed by atoms with Gasteiger partial charge in [-0.1, -0.05) is 18.2 Å². The Balaban J connectivity index is 1.51. The van der Waals surface area contributed by atoms with Crippen LogP contribution in [0, 0.1) is 0 Å². The van der Waals surface area contributed by atoms with Crippen LogP contribution in [0.25, 0.3) is 0 Å². The number of carbonyl (C=O) groups excluding carboxylic acids is 1. The Kier molecular flexibility index (Phi) is 7.06. The molecule has 1 aliphatic heterocycles. The number of hydrogen-bond donors (Lipinski definition) is 2. The Morgan fingerprint density at radius 1 is 1.14 bits per heavy atom. The van der Waals surface area contributed by atoms with Crippen LogP contribution in [0.15, 0.2) is 46.8 Å². The quantitative estimate of drug-likeness (QED) is 0.598. The van der Waals surface area contributed by atoms with E-state index in [1.165, 1.54) is 4.88 Å². The van der Waals surface area contributed by atoms with E-state index in [0.29, 0.717) is 25.2 Å². The van der Waals surface area contributed by atoms with Gasteiger partial charge in [0.25, 0.3) is 5.91 Å². The molecule has 150 valence electrons. The number of aliphatic imine (C=N–C) groups is 1. The lowest BCUT2D eigenvalue weighted by atomic mass is 10.1. The highest BCUT2D eigenvalue weighted by molar-refractivity contribution is 7.09. The maximum atomic E-state index is 12.7. The van der Waals surface area contributed by atoms with Crippen LogP contribution in [-0.4, -0.2) is 49.1 Å². The second kappa shape index (κ2) is 9.71. The van der Waals surface area contributed by atoms with Gasteiger partial charge in [-0.3, -0.25) is 9.79 Å². The molecule has 0 spiro atoms. The molecular formula is C21H28N4O2S. The van der Waals surface area contributed by atoms with Gasteiger partial charge in [0, 0.05) is 37.1 Å². The van der Waals surface area contributed by atoms with E-state index in [2.05, 4.69) is 27.1 Å². The highest BCUT2D eigenvalue weighted by Gasteiger charge is 2.26. The first kappa shape index (κ1) is 20.4. The average molecular weight is 401 g/mol. The number of amides is 1. The Bertz CT molecular complexity index is 779. The molecule has 0 saturated carbocycles. The topological polar surface area (TPSA) is 66.0 Å². The predicted octanol–water partition coefficient (Wildman–Crippen LogP) is 2.86. The van der Waals surface area contributed by atoms with Gasteiger partial charge in [0.05, 0.1) is 18.8 Å². The predicted molar refractivity (Wildman–Crippen MR) is 114 cm³/mol. The summed E-state index contributed by atoms with van der Waals surface area (Å²) in [5.74, 6) is 0.819. The van der Waals surface area contributed by atoms with Crippen molar-refractivity contribution in [3.8, 4) is 0 Å². The van der Waals surface area contributed by atoms with Crippen LogP contribution in [0.3, 0.4) is 0 Å². The van der Waals surface area contributed by atoms with Gasteiger partial charge in [-0.15, -0.1) is 11.3 Å². The van der Waals surface area contributed by atoms with Gasteiger partial charge >= 0.3 is 0 Å². The van der Waals surface area contributed by atoms with Crippen molar-refractivity contribution in [3.63, 3.8) is 0 Å². The van der Waals surface area contributed by atoms with Gasteiger partial charge in [-0.05, 0) is 43.0 Å². The van der Waals surface area contributed by atoms with Crippen molar-refractivity contribution in [1.29, 1.82) is 0 Å². The molecule has 1 aromatic carbocycles. The molecule has 6 nitrogen and oxygen atoms in total. The third kappa shape index (κ3) is 5.56. The van der Waals surface area contributed by atoms with Crippen LogP contribution in [0.5, 0.6) is 0 Å². The molecule has 2 unspecified atom stereocenters. The SMILES string of the molecule is CN=C(NCc1ccc(C(=O)N2CC(C)OC(C)C2)cc1)NCc1cccs1. The zero-order chi connectivity index (χ0) is 19.9. The minimum absolute atomic E-state index is 0.0648. The molecule has 1 aromatic heterocycles. The van der Waals surface area contributed by atoms with E-state index >= 15 is 0 Å². The number of hydrogen-bond acceptors (Lipinski definition) is 4. The smallest absolute Gasteiger partial charge is 0.254 e. The molecule has 7 heteroatoms. The van der Waals surface area contributed by atoms with Gasteiger partial charge in [-0.25, -0.2) is 0 Å². The summed E-state index contributed by atoms with van der Waals surface area (Å²) in [5.41, 5.74) is 1.81. The van der Waals surface area contributed by atoms with E-state index in [9.17, 15) is 4.79 Å². The van der Waals surface area contributed by atoms with E-state index in [1.807, 2.05) is 49.1 Å². The minimum atomic E-state index is 0.0648. The Morgan fingerprint density at radius 3 is 2.43 bits per heavy atom. The van der Waals surface area contributed by atoms with E-state index in [1.54, 1.807) is 18.4 Å². The second-order valence-electron chi connectivity index (χ2n) is 7.02. The second-order valence-corrected chi connectivity index (χ2v) is 8.06. The van der Waals surface area contributed by atoms with Gasteiger partial charge in [0.2, 0.25) is 0 Å². The molecule has 2 aromatic rings. The normalized spacial score (nSPS) is 20.1. The summed E-state index contributed by atoms with van der Waals surface area (Å²) in [6.45, 7) is 6.68. The van der Waals surface area contributed by atoms with Crippen molar-refractivity contribution >= 4 is 23.2 Å². The maximum absolute atomic E-state index is 12.7. The first-order chi connectivity index (χ1) is 13.5. The number of nitrogens with zero attached hydrogens (tertiary/aromatic N) is 2. The largest absolute Gasteiger partial charge is 0.372 e. The summed E-state index contributed by atoms with van der Waals surface area (Å²) in [5, 5.41) is 8.67. The Hall–Kier alpha value is -2.38. The van der Waals surface area contributed by atoms with E-state index in [0.717, 1.165) is 18.1 Å². The molecule has 1 amide bonds. The van der Waals surface area contributed by atoms with E-state index < -0.39 is 0 Å². The molecule has 1 aliphatic rings. The maximum Gasteiger partial charge on any atom is 0.254 e. The highest BCUT2D eigenvalue weighted by Crippen LogP contribution is 2.15. The monoisotopic (exact) mass is 400 g/mol. The molecule has 2 atom stereocenters. The van der Waals surface area contributed by atoms with Crippen molar-refractivity contribution in [2.24, 2.45) is 4.99 Å². The van der Waals surface area contributed by atoms with Gasteiger partial charge < -0.3 is 20.3 Å². The van der Waals surface area contributed by atoms with Crippen LogP contribution in [0.2, 0.25) is 0 Å². The van der Waals surface area contributed by atoms with Crippen LogP contribution in [0.1, 0.15) is 34.6 Å². The number of ether oxygens (including phenoxy) is 1. The van der Waals surface area contributed by atoms with Crippen LogP contribution in [-0.2, 0) is 17.8 Å². The minimum Gasteiger partial charge on any atom is -0.372 e. The standard InChI is InChI=1S/C21H28N4O2S/c1-15-13-25(14-16(2)27-15)20(26)18-8-6-17(7-9-18)11-23-21(22-3)24-12-19-5-4-10-28-19/h4-10,15-16H,11-14H2,1-3H3,(H2,22,23,24). The molecule has 2 heterocycles. The molecule has 3 rings (SSSR count). The van der Waals surface area contributed by atoms with Crippen molar-refractivity contribution in [2.45, 2.75) is 39.1 Å². The first-order valence-electron chi connectivity index (χ1n) is 9.55. The van der Waals surface area contributed by atoms with Crippen LogP contribution in [0.4, 0.5) is 0 Å². The lowest BCUT2D eigenvalue weighted by molar-refractivity contribution is -0.0586. The van der Waals surface area contributed by atoms with Crippen molar-refractivity contribution in [3.05, 3.63) is 57.8 Å². The zero-order valence-corrected chi connectivity index (χ0v) is 17.5. The summed E-state index contributed by atoms with van der Waals surface area (Å²) in [6, 6.07) is 11.9. The molecule has 0 bridgehead atoms. The summed E-state index contributed by atoms with van der Waals surface area (Å²) >= 11 is 1.72. The third-order valence-corrected chi connectivity index (χ3v) is 5.48. The fourth-order valence-electron chi connectivity index (χ4n) is 3.28. The van der Waals surface area contributed by atoms with Crippen LogP contribution >= 0.6 is 11.3 Å². The lowest BCUT2D eigenvalue weighted by Gasteiger charge is -2.35. The third-order valence-electron chi connectivity index (χ3n) is 4.60. The number of rotatable bonds is 5. The highest BCUT2D eigenvalue weighted by atomic mass is 32.1. The van der Waals surface area contributed by atoms with Crippen LogP contribution < -0.4 is 10.6 Å². The van der Waals surface area contributed by atoms with Crippen molar-refractivity contribution in [2.75, 3.05) is 20.1 Å². The first-order valence-corrected chi connectivity index (χ1v) is 10.4. The number of carbonyl (C=O) groups is 1. The Morgan fingerprint density at radius 2 is 1.82 bits per heavy atom. The fraction of sp³-hybridized carbons (Fsp3) is 0.429. The van der Waals surface area contributed by atoms with Crippen molar-refractivity contribution in [1.82, 2.24) is 15.5 Å². The van der Waals surface area contributed by atoms with Crippen molar-refractivity contribution < 1.29 is 9.53 Å². The number of morpholine rings is 1. The molecule has 1 saturated heterocycles. The molecular weight excluding hydrogens is 372 g/mol. The Labute approximate surface area is 170 Å². The van der Waals surface area contributed by atoms with Gasteiger partial charge in [-0.2, -0.15) is 0 Å². The summed E-state index contributed by atoms with van der Waals surface area (Å²) in [4.78, 5) is 20.1. The number of thiophene rings is 1. The molecule has 1 fully saturated rings. The summed E-state index contributed by atoms with van der Waals surface area (Å²) < 4.78 is 5.71. The van der Waals surface area contributed by atoms with E-state index in [4.69, 9.17) is 4.74 Å². The molecule has 0 radical (unpaired) electrons. The number of benzene rings is 1.